The van der Waals surface area contributed by atoms with Crippen LogP contribution in [0.25, 0.3) is 0 Å². The van der Waals surface area contributed by atoms with E-state index in [0.717, 1.165) is 5.56 Å². The quantitative estimate of drug-likeness (QED) is 0.623. The van der Waals surface area contributed by atoms with E-state index in [-0.39, 0.29) is 11.8 Å². The molecule has 0 atom stereocenters. The Morgan fingerprint density at radius 3 is 2.24 bits per heavy atom. The number of hydrogen-bond donors (Lipinski definition) is 2. The fourth-order valence-corrected chi connectivity index (χ4v) is 2.84. The summed E-state index contributed by atoms with van der Waals surface area (Å²) in [5.41, 5.74) is 3.55. The summed E-state index contributed by atoms with van der Waals surface area (Å²) >= 11 is 0. The molecule has 0 aliphatic heterocycles. The van der Waals surface area contributed by atoms with Crippen molar-refractivity contribution < 1.29 is 14.3 Å². The lowest BCUT2D eigenvalue weighted by molar-refractivity contribution is 0.0952. The van der Waals surface area contributed by atoms with E-state index in [2.05, 4.69) is 10.6 Å². The number of rotatable bonds is 7. The second-order valence-corrected chi connectivity index (χ2v) is 6.63. The number of carbonyl (C=O) groups excluding carboxylic acids is 2. The Balaban J connectivity index is 1.68. The molecule has 0 aromatic heterocycles. The van der Waals surface area contributed by atoms with Gasteiger partial charge in [0.25, 0.3) is 11.8 Å². The highest BCUT2D eigenvalue weighted by molar-refractivity contribution is 6.09. The van der Waals surface area contributed by atoms with E-state index in [1.165, 1.54) is 5.56 Å². The van der Waals surface area contributed by atoms with Crippen LogP contribution in [-0.4, -0.2) is 18.4 Å². The largest absolute Gasteiger partial charge is 0.494 e. The van der Waals surface area contributed by atoms with Crippen LogP contribution >= 0.6 is 0 Å². The number of nitrogens with one attached hydrogen (secondary N) is 2. The smallest absolute Gasteiger partial charge is 0.255 e. The Hall–Kier alpha value is -3.60. The van der Waals surface area contributed by atoms with Crippen LogP contribution in [0.4, 0.5) is 5.69 Å². The molecular formula is C24H24N2O3. The van der Waals surface area contributed by atoms with E-state index >= 15 is 0 Å². The van der Waals surface area contributed by atoms with Crippen LogP contribution in [-0.2, 0) is 6.54 Å². The van der Waals surface area contributed by atoms with Crippen LogP contribution in [0.2, 0.25) is 0 Å². The van der Waals surface area contributed by atoms with E-state index in [1.807, 2.05) is 38.1 Å². The third-order valence-corrected chi connectivity index (χ3v) is 4.42. The number of hydrogen-bond acceptors (Lipinski definition) is 3. The highest BCUT2D eigenvalue weighted by Crippen LogP contribution is 2.18. The summed E-state index contributed by atoms with van der Waals surface area (Å²) in [4.78, 5) is 25.2. The maximum absolute atomic E-state index is 12.7. The first-order valence-electron chi connectivity index (χ1n) is 9.54. The van der Waals surface area contributed by atoms with Crippen molar-refractivity contribution >= 4 is 17.5 Å². The molecule has 0 aliphatic rings. The summed E-state index contributed by atoms with van der Waals surface area (Å²) in [6, 6.07) is 21.8. The van der Waals surface area contributed by atoms with Crippen molar-refractivity contribution in [1.29, 1.82) is 0 Å². The second kappa shape index (κ2) is 9.55. The number of carbonyl (C=O) groups is 2. The molecule has 3 aromatic rings. The average Bonchev–Trinajstić information content (AvgIpc) is 2.74. The van der Waals surface area contributed by atoms with Gasteiger partial charge in [-0.3, -0.25) is 9.59 Å². The number of anilines is 1. The molecule has 0 spiro atoms. The molecule has 0 bridgehead atoms. The Kier molecular flexibility index (Phi) is 6.63. The van der Waals surface area contributed by atoms with Gasteiger partial charge in [0.1, 0.15) is 5.75 Å². The van der Waals surface area contributed by atoms with Crippen LogP contribution < -0.4 is 15.4 Å². The Morgan fingerprint density at radius 1 is 0.862 bits per heavy atom. The molecule has 0 saturated heterocycles. The standard InChI is InChI=1S/C24H24N2O3/c1-3-29-20-14-12-19(13-15-20)23(27)26-22-7-5-4-6-21(22)24(28)25-16-18-10-8-17(2)9-11-18/h4-15H,3,16H2,1-2H3,(H,25,28)(H,26,27). The van der Waals surface area contributed by atoms with Crippen LogP contribution in [0, 0.1) is 6.92 Å². The lowest BCUT2D eigenvalue weighted by Gasteiger charge is -2.12. The number of para-hydroxylation sites is 1. The molecule has 0 aliphatic carbocycles. The van der Waals surface area contributed by atoms with Gasteiger partial charge in [0, 0.05) is 12.1 Å². The molecule has 0 unspecified atom stereocenters. The molecule has 5 nitrogen and oxygen atoms in total. The van der Waals surface area contributed by atoms with Crippen LogP contribution in [0.5, 0.6) is 5.75 Å². The van der Waals surface area contributed by atoms with Crippen molar-refractivity contribution in [3.8, 4) is 5.75 Å². The van der Waals surface area contributed by atoms with E-state index in [4.69, 9.17) is 4.74 Å². The van der Waals surface area contributed by atoms with E-state index in [9.17, 15) is 9.59 Å². The van der Waals surface area contributed by atoms with Crippen LogP contribution in [0.3, 0.4) is 0 Å². The van der Waals surface area contributed by atoms with Gasteiger partial charge in [0.15, 0.2) is 0 Å². The number of benzene rings is 3. The zero-order chi connectivity index (χ0) is 20.6. The van der Waals surface area contributed by atoms with Gasteiger partial charge in [-0.05, 0) is 55.8 Å². The third kappa shape index (κ3) is 5.45. The summed E-state index contributed by atoms with van der Waals surface area (Å²) in [6.07, 6.45) is 0. The molecule has 0 heterocycles. The Bertz CT molecular complexity index is 980. The third-order valence-electron chi connectivity index (χ3n) is 4.42. The lowest BCUT2D eigenvalue weighted by Crippen LogP contribution is -2.24. The molecule has 148 valence electrons. The molecule has 0 saturated carbocycles. The van der Waals surface area contributed by atoms with Crippen LogP contribution in [0.1, 0.15) is 38.8 Å². The van der Waals surface area contributed by atoms with Crippen molar-refractivity contribution in [2.45, 2.75) is 20.4 Å². The topological polar surface area (TPSA) is 67.4 Å². The molecule has 0 radical (unpaired) electrons. The fourth-order valence-electron chi connectivity index (χ4n) is 2.84. The maximum atomic E-state index is 12.7. The normalized spacial score (nSPS) is 10.3. The van der Waals surface area contributed by atoms with Gasteiger partial charge in [-0.25, -0.2) is 0 Å². The molecular weight excluding hydrogens is 364 g/mol. The Labute approximate surface area is 170 Å². The first-order chi connectivity index (χ1) is 14.1. The minimum absolute atomic E-state index is 0.242. The molecule has 29 heavy (non-hydrogen) atoms. The summed E-state index contributed by atoms with van der Waals surface area (Å²) in [6.45, 7) is 4.91. The predicted molar refractivity (Wildman–Crippen MR) is 114 cm³/mol. The van der Waals surface area contributed by atoms with Crippen molar-refractivity contribution in [3.05, 3.63) is 95.1 Å². The Morgan fingerprint density at radius 2 is 1.55 bits per heavy atom. The van der Waals surface area contributed by atoms with E-state index < -0.39 is 0 Å². The minimum atomic E-state index is -0.285. The van der Waals surface area contributed by atoms with Gasteiger partial charge in [0.05, 0.1) is 17.9 Å². The molecule has 3 aromatic carbocycles. The SMILES string of the molecule is CCOc1ccc(C(=O)Nc2ccccc2C(=O)NCc2ccc(C)cc2)cc1. The van der Waals surface area contributed by atoms with Gasteiger partial charge in [0.2, 0.25) is 0 Å². The zero-order valence-electron chi connectivity index (χ0n) is 16.6. The summed E-state index contributed by atoms with van der Waals surface area (Å²) in [5, 5.41) is 5.73. The highest BCUT2D eigenvalue weighted by Gasteiger charge is 2.14. The van der Waals surface area contributed by atoms with Gasteiger partial charge in [-0.15, -0.1) is 0 Å². The van der Waals surface area contributed by atoms with Crippen molar-refractivity contribution in [2.24, 2.45) is 0 Å². The fraction of sp³-hybridized carbons (Fsp3) is 0.167. The molecule has 2 amide bonds. The van der Waals surface area contributed by atoms with Crippen molar-refractivity contribution in [1.82, 2.24) is 5.32 Å². The first-order valence-corrected chi connectivity index (χ1v) is 9.54. The maximum Gasteiger partial charge on any atom is 0.255 e. The predicted octanol–water partition coefficient (Wildman–Crippen LogP) is 4.58. The monoisotopic (exact) mass is 388 g/mol. The molecule has 0 fully saturated rings. The van der Waals surface area contributed by atoms with Gasteiger partial charge < -0.3 is 15.4 Å². The van der Waals surface area contributed by atoms with Gasteiger partial charge >= 0.3 is 0 Å². The first kappa shape index (κ1) is 20.1. The molecule has 2 N–H and O–H groups in total. The summed E-state index contributed by atoms with van der Waals surface area (Å²) in [5.74, 6) is 0.180. The number of amides is 2. The highest BCUT2D eigenvalue weighted by atomic mass is 16.5. The zero-order valence-corrected chi connectivity index (χ0v) is 16.6. The summed E-state index contributed by atoms with van der Waals surface area (Å²) in [7, 11) is 0. The van der Waals surface area contributed by atoms with E-state index in [0.29, 0.717) is 35.7 Å². The van der Waals surface area contributed by atoms with Crippen molar-refractivity contribution in [2.75, 3.05) is 11.9 Å². The van der Waals surface area contributed by atoms with Crippen molar-refractivity contribution in [3.63, 3.8) is 0 Å². The minimum Gasteiger partial charge on any atom is -0.494 e. The number of aryl methyl sites for hydroxylation is 1. The molecule has 3 rings (SSSR count). The van der Waals surface area contributed by atoms with Gasteiger partial charge in [-0.1, -0.05) is 42.0 Å². The number of ether oxygens (including phenoxy) is 1. The van der Waals surface area contributed by atoms with Gasteiger partial charge in [-0.2, -0.15) is 0 Å². The lowest BCUT2D eigenvalue weighted by atomic mass is 10.1. The average molecular weight is 388 g/mol. The summed E-state index contributed by atoms with van der Waals surface area (Å²) < 4.78 is 5.39. The second-order valence-electron chi connectivity index (χ2n) is 6.63. The van der Waals surface area contributed by atoms with E-state index in [1.54, 1.807) is 48.5 Å². The molecule has 5 heteroatoms. The van der Waals surface area contributed by atoms with Crippen LogP contribution in [0.15, 0.2) is 72.8 Å².